The molecule has 0 aliphatic carbocycles. The third-order valence-electron chi connectivity index (χ3n) is 3.16. The van der Waals surface area contributed by atoms with Gasteiger partial charge >= 0.3 is 0 Å². The first-order valence-electron chi connectivity index (χ1n) is 6.39. The van der Waals surface area contributed by atoms with E-state index in [0.717, 1.165) is 0 Å². The van der Waals surface area contributed by atoms with Crippen molar-refractivity contribution >= 4 is 43.9 Å². The summed E-state index contributed by atoms with van der Waals surface area (Å²) >= 11 is 6.08. The summed E-state index contributed by atoms with van der Waals surface area (Å²) in [4.78, 5) is 4.31. The molecule has 0 aliphatic heterocycles. The van der Waals surface area contributed by atoms with E-state index < -0.39 is 10.0 Å². The van der Waals surface area contributed by atoms with Crippen molar-refractivity contribution in [1.82, 2.24) is 4.98 Å². The zero-order valence-electron chi connectivity index (χ0n) is 11.3. The second-order valence-electron chi connectivity index (χ2n) is 4.67. The monoisotopic (exact) mass is 333 g/mol. The van der Waals surface area contributed by atoms with Gasteiger partial charge in [0.2, 0.25) is 0 Å². The number of nitrogen functional groups attached to an aromatic ring is 1. The number of sulfonamides is 1. The molecule has 1 heterocycles. The van der Waals surface area contributed by atoms with Crippen LogP contribution in [0.25, 0.3) is 10.9 Å². The van der Waals surface area contributed by atoms with Gasteiger partial charge in [-0.25, -0.2) is 8.42 Å². The van der Waals surface area contributed by atoms with Gasteiger partial charge in [0.25, 0.3) is 10.0 Å². The van der Waals surface area contributed by atoms with Gasteiger partial charge < -0.3 is 5.73 Å². The van der Waals surface area contributed by atoms with Crippen molar-refractivity contribution in [3.05, 3.63) is 59.8 Å². The number of halogens is 1. The van der Waals surface area contributed by atoms with E-state index in [-0.39, 0.29) is 4.90 Å². The number of pyridine rings is 1. The van der Waals surface area contributed by atoms with E-state index in [1.54, 1.807) is 30.5 Å². The van der Waals surface area contributed by atoms with Gasteiger partial charge in [0, 0.05) is 17.3 Å². The summed E-state index contributed by atoms with van der Waals surface area (Å²) in [5.74, 6) is 0. The van der Waals surface area contributed by atoms with Crippen molar-refractivity contribution in [3.63, 3.8) is 0 Å². The molecule has 1 aromatic heterocycles. The van der Waals surface area contributed by atoms with Crippen LogP contribution in [0.5, 0.6) is 0 Å². The molecule has 2 aromatic carbocycles. The molecule has 22 heavy (non-hydrogen) atoms. The van der Waals surface area contributed by atoms with Crippen LogP contribution in [0.3, 0.4) is 0 Å². The number of rotatable bonds is 3. The molecule has 5 nitrogen and oxygen atoms in total. The van der Waals surface area contributed by atoms with Crippen LogP contribution in [0.1, 0.15) is 0 Å². The predicted molar refractivity (Wildman–Crippen MR) is 88.4 cm³/mol. The second kappa shape index (κ2) is 5.47. The number of nitrogens with two attached hydrogens (primary N) is 1. The normalized spacial score (nSPS) is 11.5. The average Bonchev–Trinajstić information content (AvgIpc) is 2.51. The van der Waals surface area contributed by atoms with Gasteiger partial charge in [-0.2, -0.15) is 0 Å². The fourth-order valence-electron chi connectivity index (χ4n) is 2.08. The van der Waals surface area contributed by atoms with E-state index in [9.17, 15) is 8.42 Å². The molecule has 0 radical (unpaired) electrons. The molecular formula is C15H12ClN3O2S. The summed E-state index contributed by atoms with van der Waals surface area (Å²) in [5.41, 5.74) is 7.04. The lowest BCUT2D eigenvalue weighted by molar-refractivity contribution is 0.601. The van der Waals surface area contributed by atoms with Crippen LogP contribution < -0.4 is 10.5 Å². The number of anilines is 2. The first kappa shape index (κ1) is 14.6. The summed E-state index contributed by atoms with van der Waals surface area (Å²) < 4.78 is 27.4. The van der Waals surface area contributed by atoms with Crippen LogP contribution in [0.4, 0.5) is 11.4 Å². The Kier molecular flexibility index (Phi) is 3.64. The average molecular weight is 334 g/mol. The van der Waals surface area contributed by atoms with E-state index in [1.165, 1.54) is 24.3 Å². The molecule has 0 atom stereocenters. The molecular weight excluding hydrogens is 322 g/mol. The number of hydrogen-bond donors (Lipinski definition) is 2. The van der Waals surface area contributed by atoms with Gasteiger partial charge in [-0.15, -0.1) is 0 Å². The standard InChI is InChI=1S/C15H12ClN3O2S/c16-13-7-8-14(12-2-1-9-18-15(12)13)19-22(20,21)11-5-3-10(17)4-6-11/h1-9,19H,17H2. The Morgan fingerprint density at radius 1 is 1.05 bits per heavy atom. The molecule has 0 bridgehead atoms. The maximum atomic E-state index is 12.4. The third-order valence-corrected chi connectivity index (χ3v) is 4.84. The third kappa shape index (κ3) is 2.70. The number of nitrogens with one attached hydrogen (secondary N) is 1. The van der Waals surface area contributed by atoms with E-state index in [1.807, 2.05) is 0 Å². The van der Waals surface area contributed by atoms with Crippen LogP contribution in [0.2, 0.25) is 5.02 Å². The van der Waals surface area contributed by atoms with Gasteiger partial charge in [0.1, 0.15) is 0 Å². The summed E-state index contributed by atoms with van der Waals surface area (Å²) in [6.45, 7) is 0. The maximum absolute atomic E-state index is 12.4. The summed E-state index contributed by atoms with van der Waals surface area (Å²) in [5, 5.41) is 1.10. The van der Waals surface area contributed by atoms with Gasteiger partial charge in [0.05, 0.1) is 21.1 Å². The minimum atomic E-state index is -3.71. The minimum Gasteiger partial charge on any atom is -0.399 e. The van der Waals surface area contributed by atoms with Crippen LogP contribution in [-0.4, -0.2) is 13.4 Å². The van der Waals surface area contributed by atoms with Crippen LogP contribution >= 0.6 is 11.6 Å². The lowest BCUT2D eigenvalue weighted by Gasteiger charge is -2.11. The molecule has 7 heteroatoms. The highest BCUT2D eigenvalue weighted by Gasteiger charge is 2.16. The maximum Gasteiger partial charge on any atom is 0.261 e. The van der Waals surface area contributed by atoms with Crippen molar-refractivity contribution in [2.24, 2.45) is 0 Å². The molecule has 0 saturated heterocycles. The molecule has 0 spiro atoms. The fourth-order valence-corrected chi connectivity index (χ4v) is 3.37. The Morgan fingerprint density at radius 3 is 2.50 bits per heavy atom. The first-order chi connectivity index (χ1) is 10.5. The van der Waals surface area contributed by atoms with E-state index >= 15 is 0 Å². The van der Waals surface area contributed by atoms with Crippen molar-refractivity contribution in [2.45, 2.75) is 4.90 Å². The van der Waals surface area contributed by atoms with Gasteiger partial charge in [0.15, 0.2) is 0 Å². The van der Waals surface area contributed by atoms with Gasteiger partial charge in [-0.1, -0.05) is 11.6 Å². The molecule has 0 aliphatic rings. The zero-order chi connectivity index (χ0) is 15.7. The number of benzene rings is 2. The summed E-state index contributed by atoms with van der Waals surface area (Å²) in [7, 11) is -3.71. The number of hydrogen-bond acceptors (Lipinski definition) is 4. The number of nitrogens with zero attached hydrogens (tertiary/aromatic N) is 1. The molecule has 3 aromatic rings. The highest BCUT2D eigenvalue weighted by Crippen LogP contribution is 2.29. The van der Waals surface area contributed by atoms with Crippen LogP contribution in [0, 0.1) is 0 Å². The second-order valence-corrected chi connectivity index (χ2v) is 6.76. The fraction of sp³-hybridized carbons (Fsp3) is 0. The van der Waals surface area contributed by atoms with Crippen molar-refractivity contribution < 1.29 is 8.42 Å². The predicted octanol–water partition coefficient (Wildman–Crippen LogP) is 3.27. The SMILES string of the molecule is Nc1ccc(S(=O)(=O)Nc2ccc(Cl)c3ncccc23)cc1. The Morgan fingerprint density at radius 2 is 1.77 bits per heavy atom. The molecule has 3 N–H and O–H groups in total. The highest BCUT2D eigenvalue weighted by atomic mass is 35.5. The quantitative estimate of drug-likeness (QED) is 0.720. The molecule has 3 rings (SSSR count). The lowest BCUT2D eigenvalue weighted by Crippen LogP contribution is -2.13. The molecule has 0 fully saturated rings. The van der Waals surface area contributed by atoms with Crippen LogP contribution in [0.15, 0.2) is 59.6 Å². The van der Waals surface area contributed by atoms with Crippen molar-refractivity contribution in [3.8, 4) is 0 Å². The molecule has 0 saturated carbocycles. The van der Waals surface area contributed by atoms with Gasteiger partial charge in [-0.3, -0.25) is 9.71 Å². The highest BCUT2D eigenvalue weighted by molar-refractivity contribution is 7.92. The number of fused-ring (bicyclic) bond motifs is 1. The zero-order valence-corrected chi connectivity index (χ0v) is 12.9. The smallest absolute Gasteiger partial charge is 0.261 e. The number of aromatic nitrogens is 1. The molecule has 0 amide bonds. The Labute approximate surface area is 132 Å². The van der Waals surface area contributed by atoms with E-state index in [0.29, 0.717) is 27.3 Å². The van der Waals surface area contributed by atoms with E-state index in [4.69, 9.17) is 17.3 Å². The Balaban J connectivity index is 2.06. The lowest BCUT2D eigenvalue weighted by atomic mass is 10.2. The Bertz CT molecular complexity index is 941. The van der Waals surface area contributed by atoms with Crippen LogP contribution in [-0.2, 0) is 10.0 Å². The minimum absolute atomic E-state index is 0.133. The van der Waals surface area contributed by atoms with Crippen molar-refractivity contribution in [1.29, 1.82) is 0 Å². The first-order valence-corrected chi connectivity index (χ1v) is 8.25. The van der Waals surface area contributed by atoms with E-state index in [2.05, 4.69) is 9.71 Å². The topological polar surface area (TPSA) is 85.1 Å². The van der Waals surface area contributed by atoms with Gasteiger partial charge in [-0.05, 0) is 48.5 Å². The summed E-state index contributed by atoms with van der Waals surface area (Å²) in [6, 6.07) is 12.7. The molecule has 112 valence electrons. The van der Waals surface area contributed by atoms with Crippen molar-refractivity contribution in [2.75, 3.05) is 10.5 Å². The Hall–Kier alpha value is -2.31. The molecule has 0 unspecified atom stereocenters. The largest absolute Gasteiger partial charge is 0.399 e. The summed E-state index contributed by atoms with van der Waals surface area (Å²) in [6.07, 6.45) is 1.60.